The van der Waals surface area contributed by atoms with Crippen molar-refractivity contribution < 1.29 is 15.0 Å². The highest BCUT2D eigenvalue weighted by atomic mass is 32.2. The Balaban J connectivity index is 1.76. The van der Waals surface area contributed by atoms with Gasteiger partial charge in [0.05, 0.1) is 22.3 Å². The van der Waals surface area contributed by atoms with Gasteiger partial charge in [-0.05, 0) is 24.5 Å². The summed E-state index contributed by atoms with van der Waals surface area (Å²) in [6.45, 7) is 0.606. The van der Waals surface area contributed by atoms with Crippen LogP contribution in [0.25, 0.3) is 10.9 Å². The molecule has 7 rings (SSSR count). The number of phenols is 1. The molecule has 4 aliphatic heterocycles. The number of allylic oxidation sites excluding steroid dienone is 1. The third-order valence-electron chi connectivity index (χ3n) is 6.74. The number of ketones is 1. The Kier molecular flexibility index (Phi) is 1.86. The Hall–Kier alpha value is -2.12. The second kappa shape index (κ2) is 3.54. The first-order valence-electron chi connectivity index (χ1n) is 8.62. The Bertz CT molecular complexity index is 1090. The normalized spacial score (nSPS) is 36.0. The van der Waals surface area contributed by atoms with Gasteiger partial charge in [-0.3, -0.25) is 4.79 Å². The summed E-state index contributed by atoms with van der Waals surface area (Å²) in [5.74, 6) is 0.0516. The van der Waals surface area contributed by atoms with E-state index < -0.39 is 5.72 Å². The summed E-state index contributed by atoms with van der Waals surface area (Å²) >= 11 is 1.66. The van der Waals surface area contributed by atoms with E-state index in [4.69, 9.17) is 0 Å². The SMILES string of the molecule is O=C1C=C2SC3CC24CC1(O)N1CCc2c[nH]c5c(O)c(c4c1c25)N3. The molecule has 1 fully saturated rings. The largest absolute Gasteiger partial charge is 0.504 e. The number of phenolic OH excluding ortho intramolecular Hbond substituents is 1. The number of carbonyl (C=O) groups is 1. The minimum atomic E-state index is -1.47. The fraction of sp³-hybridized carbons (Fsp3) is 0.389. The van der Waals surface area contributed by atoms with Gasteiger partial charge in [0.1, 0.15) is 0 Å². The lowest BCUT2D eigenvalue weighted by Crippen LogP contribution is -2.64. The average Bonchev–Trinajstić information content (AvgIpc) is 3.12. The van der Waals surface area contributed by atoms with Crippen LogP contribution in [-0.4, -0.2) is 38.6 Å². The summed E-state index contributed by atoms with van der Waals surface area (Å²) in [6.07, 6.45) is 5.58. The number of aromatic nitrogens is 1. The van der Waals surface area contributed by atoms with E-state index in [2.05, 4.69) is 10.3 Å². The summed E-state index contributed by atoms with van der Waals surface area (Å²) in [6, 6.07) is 0. The number of carbonyl (C=O) groups excluding carboxylic acids is 1. The molecular weight excluding hydrogens is 338 g/mol. The monoisotopic (exact) mass is 353 g/mol. The van der Waals surface area contributed by atoms with E-state index in [0.717, 1.165) is 45.6 Å². The third-order valence-corrected chi connectivity index (χ3v) is 8.08. The lowest BCUT2D eigenvalue weighted by Gasteiger charge is -2.55. The minimum absolute atomic E-state index is 0.119. The van der Waals surface area contributed by atoms with Crippen LogP contribution in [-0.2, 0) is 16.6 Å². The second-order valence-electron chi connectivity index (χ2n) is 7.82. The number of thioether (sulfide) groups is 1. The van der Waals surface area contributed by atoms with Crippen LogP contribution in [0, 0.1) is 0 Å². The Morgan fingerprint density at radius 3 is 3.16 bits per heavy atom. The molecule has 3 bridgehead atoms. The Morgan fingerprint density at radius 1 is 1.40 bits per heavy atom. The van der Waals surface area contributed by atoms with Gasteiger partial charge in [0.2, 0.25) is 11.5 Å². The first kappa shape index (κ1) is 13.1. The maximum Gasteiger partial charge on any atom is 0.208 e. The number of rotatable bonds is 0. The van der Waals surface area contributed by atoms with E-state index in [0.29, 0.717) is 18.5 Å². The van der Waals surface area contributed by atoms with Crippen molar-refractivity contribution in [1.29, 1.82) is 0 Å². The summed E-state index contributed by atoms with van der Waals surface area (Å²) in [5.41, 5.74) is 2.79. The van der Waals surface area contributed by atoms with Gasteiger partial charge in [-0.2, -0.15) is 0 Å². The van der Waals surface area contributed by atoms with Gasteiger partial charge >= 0.3 is 0 Å². The maximum atomic E-state index is 12.9. The van der Waals surface area contributed by atoms with Crippen LogP contribution in [0.15, 0.2) is 17.2 Å². The van der Waals surface area contributed by atoms with Crippen LogP contribution < -0.4 is 10.2 Å². The zero-order valence-corrected chi connectivity index (χ0v) is 14.0. The molecule has 0 amide bonds. The number of anilines is 2. The topological polar surface area (TPSA) is 88.6 Å². The summed E-state index contributed by atoms with van der Waals surface area (Å²) in [7, 11) is 0. The van der Waals surface area contributed by atoms with Gasteiger partial charge in [0.15, 0.2) is 5.75 Å². The lowest BCUT2D eigenvalue weighted by atomic mass is 9.61. The van der Waals surface area contributed by atoms with Crippen molar-refractivity contribution in [3.05, 3.63) is 28.3 Å². The number of aliphatic hydroxyl groups is 1. The number of nitrogens with one attached hydrogen (secondary N) is 2. The standard InChI is InChI=1S/C18H15N3O3S/c22-8-3-9-17-4-10(25-9)20-14-12(17)15-11-7(5-19-13(11)16(14)23)1-2-21(15)18(8,24)6-17/h3,5,10,19-20,23-24H,1-2,4,6H2. The van der Waals surface area contributed by atoms with E-state index in [9.17, 15) is 15.0 Å². The van der Waals surface area contributed by atoms with Gasteiger partial charge in [0, 0.05) is 40.4 Å². The molecule has 7 heteroatoms. The fourth-order valence-electron chi connectivity index (χ4n) is 5.78. The van der Waals surface area contributed by atoms with Gasteiger partial charge in [0.25, 0.3) is 0 Å². The van der Waals surface area contributed by atoms with E-state index in [1.165, 1.54) is 0 Å². The molecular formula is C18H15N3O3S. The molecule has 5 aliphatic rings. The van der Waals surface area contributed by atoms with Crippen LogP contribution in [0.2, 0.25) is 0 Å². The molecule has 1 aromatic carbocycles. The van der Waals surface area contributed by atoms with Gasteiger partial charge in [-0.15, -0.1) is 11.8 Å². The molecule has 2 aromatic rings. The van der Waals surface area contributed by atoms with Crippen LogP contribution in [0.4, 0.5) is 11.4 Å². The summed E-state index contributed by atoms with van der Waals surface area (Å²) in [5, 5.41) is 27.0. The van der Waals surface area contributed by atoms with Crippen molar-refractivity contribution in [2.24, 2.45) is 0 Å². The van der Waals surface area contributed by atoms with Crippen molar-refractivity contribution in [2.45, 2.75) is 35.8 Å². The molecule has 1 aliphatic carbocycles. The van der Waals surface area contributed by atoms with Gasteiger partial charge in [-0.25, -0.2) is 0 Å². The van der Waals surface area contributed by atoms with Crippen LogP contribution in [0.3, 0.4) is 0 Å². The lowest BCUT2D eigenvalue weighted by molar-refractivity contribution is -0.136. The summed E-state index contributed by atoms with van der Waals surface area (Å²) in [4.78, 5) is 19.0. The van der Waals surface area contributed by atoms with E-state index >= 15 is 0 Å². The van der Waals surface area contributed by atoms with Crippen molar-refractivity contribution in [1.82, 2.24) is 4.98 Å². The van der Waals surface area contributed by atoms with Crippen LogP contribution >= 0.6 is 11.8 Å². The third kappa shape index (κ3) is 1.15. The zero-order chi connectivity index (χ0) is 16.7. The number of aromatic hydroxyl groups is 1. The van der Waals surface area contributed by atoms with Crippen molar-refractivity contribution in [2.75, 3.05) is 16.8 Å². The molecule has 126 valence electrons. The molecule has 1 aromatic heterocycles. The molecule has 4 N–H and O–H groups in total. The Morgan fingerprint density at radius 2 is 2.28 bits per heavy atom. The molecule has 1 spiro atoms. The minimum Gasteiger partial charge on any atom is -0.504 e. The molecule has 25 heavy (non-hydrogen) atoms. The highest BCUT2D eigenvalue weighted by Crippen LogP contribution is 2.69. The maximum absolute atomic E-state index is 12.9. The van der Waals surface area contributed by atoms with Crippen molar-refractivity contribution >= 4 is 39.8 Å². The number of fused-ring (bicyclic) bond motifs is 3. The summed E-state index contributed by atoms with van der Waals surface area (Å²) < 4.78 is 0. The quantitative estimate of drug-likeness (QED) is 0.541. The molecule has 0 saturated carbocycles. The predicted molar refractivity (Wildman–Crippen MR) is 95.0 cm³/mol. The first-order valence-corrected chi connectivity index (χ1v) is 9.50. The van der Waals surface area contributed by atoms with Crippen molar-refractivity contribution in [3.8, 4) is 5.75 Å². The molecule has 1 saturated heterocycles. The Labute approximate surface area is 146 Å². The van der Waals surface area contributed by atoms with E-state index in [-0.39, 0.29) is 22.3 Å². The van der Waals surface area contributed by atoms with Crippen molar-refractivity contribution in [3.63, 3.8) is 0 Å². The van der Waals surface area contributed by atoms with Gasteiger partial charge in [-0.1, -0.05) is 0 Å². The second-order valence-corrected chi connectivity index (χ2v) is 9.06. The zero-order valence-electron chi connectivity index (χ0n) is 13.2. The molecule has 0 radical (unpaired) electrons. The molecule has 5 heterocycles. The highest BCUT2D eigenvalue weighted by Gasteiger charge is 2.65. The molecule has 6 nitrogen and oxygen atoms in total. The smallest absolute Gasteiger partial charge is 0.208 e. The number of hydrogen-bond acceptors (Lipinski definition) is 6. The number of aromatic amines is 1. The van der Waals surface area contributed by atoms with Gasteiger partial charge < -0.3 is 25.4 Å². The average molecular weight is 353 g/mol. The molecule has 3 unspecified atom stereocenters. The van der Waals surface area contributed by atoms with Crippen LogP contribution in [0.5, 0.6) is 5.75 Å². The number of benzene rings is 1. The van der Waals surface area contributed by atoms with E-state index in [1.54, 1.807) is 17.8 Å². The highest BCUT2D eigenvalue weighted by molar-refractivity contribution is 8.04. The number of hydrogen-bond donors (Lipinski definition) is 4. The van der Waals surface area contributed by atoms with E-state index in [1.807, 2.05) is 11.1 Å². The molecule has 3 atom stereocenters. The number of nitrogens with zero attached hydrogens (tertiary/aromatic N) is 1. The fourth-order valence-corrected chi connectivity index (χ4v) is 7.29. The predicted octanol–water partition coefficient (Wildman–Crippen LogP) is 1.92. The van der Waals surface area contributed by atoms with Crippen LogP contribution in [0.1, 0.15) is 24.0 Å². The number of H-pyrrole nitrogens is 1. The first-order chi connectivity index (χ1) is 12.0.